The van der Waals surface area contributed by atoms with Crippen LogP contribution in [0.4, 0.5) is 4.79 Å². The van der Waals surface area contributed by atoms with Gasteiger partial charge in [-0.25, -0.2) is 4.79 Å². The maximum atomic E-state index is 12.8. The summed E-state index contributed by atoms with van der Waals surface area (Å²) in [5.41, 5.74) is 1.14. The smallest absolute Gasteiger partial charge is 0.407 e. The molecule has 5 unspecified atom stereocenters. The van der Waals surface area contributed by atoms with Crippen molar-refractivity contribution < 1.29 is 76.5 Å². The van der Waals surface area contributed by atoms with Crippen molar-refractivity contribution in [3.05, 3.63) is 95.6 Å². The van der Waals surface area contributed by atoms with Crippen LogP contribution in [0.25, 0.3) is 0 Å². The second kappa shape index (κ2) is 29.8. The molecule has 4 rings (SSSR count). The fraction of sp³-hybridized carbons (Fsp3) is 0.529. The molecule has 1 heterocycles. The molecule has 3 aromatic rings. The lowest BCUT2D eigenvalue weighted by molar-refractivity contribution is -0.277. The average molecular weight is 990 g/mol. The number of unbranched alkanes of at least 4 members (excludes halogenated alkanes) is 4. The molecule has 0 spiro atoms. The van der Waals surface area contributed by atoms with Crippen LogP contribution in [0.5, 0.6) is 11.5 Å². The van der Waals surface area contributed by atoms with Gasteiger partial charge in [0.2, 0.25) is 11.8 Å². The number of nitrogens with one attached hydrogen (secondary N) is 3. The lowest BCUT2D eigenvalue weighted by atomic mass is 9.80. The molecule has 0 bridgehead atoms. The third kappa shape index (κ3) is 18.2. The van der Waals surface area contributed by atoms with E-state index in [4.69, 9.17) is 50.5 Å². The topological polar surface area (TPSA) is 242 Å². The number of aliphatic hydroxyl groups excluding tert-OH is 1. The first-order valence-electron chi connectivity index (χ1n) is 23.7. The van der Waals surface area contributed by atoms with Gasteiger partial charge in [-0.15, -0.1) is 0 Å². The van der Waals surface area contributed by atoms with Gasteiger partial charge < -0.3 is 63.7 Å². The lowest BCUT2D eigenvalue weighted by Crippen LogP contribution is -2.66. The van der Waals surface area contributed by atoms with Crippen LogP contribution in [-0.2, 0) is 62.7 Å². The number of carbonyl (C=O) groups is 6. The fourth-order valence-electron chi connectivity index (χ4n) is 7.99. The van der Waals surface area contributed by atoms with Crippen molar-refractivity contribution in [2.45, 2.75) is 127 Å². The van der Waals surface area contributed by atoms with Gasteiger partial charge >= 0.3 is 24.0 Å². The minimum Gasteiger partial charge on any atom is -0.497 e. The zero-order valence-corrected chi connectivity index (χ0v) is 41.4. The monoisotopic (exact) mass is 989 g/mol. The van der Waals surface area contributed by atoms with Gasteiger partial charge in [-0.1, -0.05) is 67.4 Å². The normalized spacial score (nSPS) is 18.4. The Balaban J connectivity index is 1.18. The number of esters is 3. The van der Waals surface area contributed by atoms with Crippen LogP contribution in [0.3, 0.4) is 0 Å². The number of hydrogen-bond acceptors (Lipinski definition) is 16. The predicted octanol–water partition coefficient (Wildman–Crippen LogP) is 4.57. The molecule has 2 radical (unpaired) electrons. The molecule has 4 N–H and O–H groups in total. The summed E-state index contributed by atoms with van der Waals surface area (Å²) in [6.45, 7) is 5.04. The molecule has 1 fully saturated rings. The lowest BCUT2D eigenvalue weighted by Gasteiger charge is -2.44. The Morgan fingerprint density at radius 1 is 0.704 bits per heavy atom. The Morgan fingerprint density at radius 2 is 1.27 bits per heavy atom. The van der Waals surface area contributed by atoms with E-state index >= 15 is 0 Å². The van der Waals surface area contributed by atoms with Crippen LogP contribution in [0.2, 0.25) is 6.32 Å². The van der Waals surface area contributed by atoms with E-state index in [1.807, 2.05) is 78.9 Å². The fourth-order valence-corrected chi connectivity index (χ4v) is 7.99. The van der Waals surface area contributed by atoms with E-state index in [1.54, 1.807) is 14.2 Å². The van der Waals surface area contributed by atoms with Gasteiger partial charge in [0, 0.05) is 53.8 Å². The van der Waals surface area contributed by atoms with Crippen molar-refractivity contribution >= 4 is 43.7 Å². The number of methoxy groups -OCH3 is 2. The molecule has 71 heavy (non-hydrogen) atoms. The summed E-state index contributed by atoms with van der Waals surface area (Å²) in [6, 6.07) is 23.5. The molecule has 0 aliphatic carbocycles. The Bertz CT molecular complexity index is 2080. The molecule has 0 aromatic heterocycles. The van der Waals surface area contributed by atoms with Crippen LogP contribution in [0.15, 0.2) is 78.9 Å². The van der Waals surface area contributed by atoms with Crippen LogP contribution in [-0.4, -0.2) is 139 Å². The first-order valence-corrected chi connectivity index (χ1v) is 23.7. The van der Waals surface area contributed by atoms with E-state index in [9.17, 15) is 33.9 Å². The summed E-state index contributed by atoms with van der Waals surface area (Å²) in [4.78, 5) is 73.2. The second-order valence-corrected chi connectivity index (χ2v) is 16.8. The molecule has 0 saturated carbocycles. The predicted molar refractivity (Wildman–Crippen MR) is 258 cm³/mol. The van der Waals surface area contributed by atoms with Crippen LogP contribution in [0.1, 0.15) is 89.3 Å². The number of carbonyl (C=O) groups excluding carboxylic acids is 6. The van der Waals surface area contributed by atoms with E-state index < -0.39 is 78.4 Å². The minimum atomic E-state index is -1.28. The number of alkyl carbamates (subject to hydrolysis) is 1. The van der Waals surface area contributed by atoms with Gasteiger partial charge in [0.25, 0.3) is 0 Å². The molecular weight excluding hydrogens is 921 g/mol. The molecule has 1 saturated heterocycles. The molecule has 1 aliphatic rings. The molecule has 7 atom stereocenters. The average Bonchev–Trinajstić information content (AvgIpc) is 3.35. The number of ether oxygens (including phenoxy) is 9. The number of hydrogen-bond donors (Lipinski definition) is 4. The SMILES string of the molecule is [B]C[C@H](OC(=O)NCCCCCCNC(=O)CCCCOC1OC(COC(C)=O)C(OC(C)=O)C(OC(C)=O)C1NC(C)=O)[C@@H](O)COC(c1ccccc1)(c1ccc(OC)cc1)c1ccc(OC)cc1. The molecule has 3 aromatic carbocycles. The zero-order valence-electron chi connectivity index (χ0n) is 41.4. The zero-order chi connectivity index (χ0) is 51.8. The van der Waals surface area contributed by atoms with Crippen molar-refractivity contribution in [1.29, 1.82) is 0 Å². The Hall–Kier alpha value is -6.22. The van der Waals surface area contributed by atoms with Gasteiger partial charge in [-0.2, -0.15) is 0 Å². The van der Waals surface area contributed by atoms with Gasteiger partial charge in [-0.3, -0.25) is 24.0 Å². The number of aliphatic hydroxyl groups is 1. The van der Waals surface area contributed by atoms with Crippen molar-refractivity contribution in [3.8, 4) is 11.5 Å². The maximum Gasteiger partial charge on any atom is 0.407 e. The van der Waals surface area contributed by atoms with E-state index in [2.05, 4.69) is 16.0 Å². The number of amides is 3. The summed E-state index contributed by atoms with van der Waals surface area (Å²) in [6.07, 6.45) is -3.93. The highest BCUT2D eigenvalue weighted by Crippen LogP contribution is 2.42. The summed E-state index contributed by atoms with van der Waals surface area (Å²) >= 11 is 0. The van der Waals surface area contributed by atoms with E-state index in [1.165, 1.54) is 13.8 Å². The maximum absolute atomic E-state index is 12.8. The summed E-state index contributed by atoms with van der Waals surface area (Å²) in [5, 5.41) is 19.6. The summed E-state index contributed by atoms with van der Waals surface area (Å²) in [5.74, 6) is -1.36. The third-order valence-electron chi connectivity index (χ3n) is 11.4. The Kier molecular flexibility index (Phi) is 24.1. The van der Waals surface area contributed by atoms with Crippen LogP contribution in [0, 0.1) is 0 Å². The van der Waals surface area contributed by atoms with E-state index in [0.717, 1.165) is 43.4 Å². The highest BCUT2D eigenvalue weighted by Gasteiger charge is 2.51. The number of benzene rings is 3. The second-order valence-electron chi connectivity index (χ2n) is 16.8. The quantitative estimate of drug-likeness (QED) is 0.0245. The van der Waals surface area contributed by atoms with Crippen molar-refractivity contribution in [2.24, 2.45) is 0 Å². The van der Waals surface area contributed by atoms with Gasteiger partial charge in [0.1, 0.15) is 48.1 Å². The first kappa shape index (κ1) is 57.4. The Morgan fingerprint density at radius 3 is 1.80 bits per heavy atom. The van der Waals surface area contributed by atoms with Gasteiger partial charge in [-0.05, 0) is 73.0 Å². The largest absolute Gasteiger partial charge is 0.497 e. The molecule has 3 amide bonds. The highest BCUT2D eigenvalue weighted by molar-refractivity contribution is 6.09. The molecule has 1 aliphatic heterocycles. The first-order chi connectivity index (χ1) is 34.1. The molecule has 19 nitrogen and oxygen atoms in total. The van der Waals surface area contributed by atoms with E-state index in [0.29, 0.717) is 50.3 Å². The number of rotatable bonds is 29. The minimum absolute atomic E-state index is 0.0922. The molecular formula is C51H68BN3O16. The standard InChI is InChI=1S/C51H68BN3O16/c1-33(56)55-46-48(69-36(4)59)47(68-35(3)58)44(32-66-34(2)57)70-49(46)65-29-15-12-18-45(61)53-27-13-7-8-14-28-54-50(62)71-43(30-52)42(60)31-67-51(37-16-10-9-11-17-37,38-19-23-40(63-5)24-20-38)39-21-25-41(64-6)26-22-39/h9-11,16-17,19-26,42-44,46-49,60H,7-8,12-15,18,27-32H2,1-6H3,(H,53,61)(H,54,62)(H,55,56)/t42-,43-,44?,46?,47?,48?,49?/m0/s1. The summed E-state index contributed by atoms with van der Waals surface area (Å²) in [7, 11) is 9.18. The molecule has 20 heteroatoms. The Labute approximate surface area is 416 Å². The van der Waals surface area contributed by atoms with Crippen LogP contribution >= 0.6 is 0 Å². The molecule has 386 valence electrons. The van der Waals surface area contributed by atoms with E-state index in [-0.39, 0.29) is 38.5 Å². The highest BCUT2D eigenvalue weighted by atomic mass is 16.7. The van der Waals surface area contributed by atoms with Crippen molar-refractivity contribution in [1.82, 2.24) is 16.0 Å². The third-order valence-corrected chi connectivity index (χ3v) is 11.4. The van der Waals surface area contributed by atoms with Crippen LogP contribution < -0.4 is 25.4 Å². The van der Waals surface area contributed by atoms with Gasteiger partial charge in [0.05, 0.1) is 28.7 Å². The van der Waals surface area contributed by atoms with Crippen molar-refractivity contribution in [2.75, 3.05) is 47.1 Å². The van der Waals surface area contributed by atoms with Crippen molar-refractivity contribution in [3.63, 3.8) is 0 Å². The van der Waals surface area contributed by atoms with Gasteiger partial charge in [0.15, 0.2) is 18.5 Å². The summed E-state index contributed by atoms with van der Waals surface area (Å²) < 4.78 is 51.1.